The van der Waals surface area contributed by atoms with Crippen LogP contribution in [-0.2, 0) is 18.3 Å². The van der Waals surface area contributed by atoms with E-state index in [2.05, 4.69) is 6.58 Å². The Morgan fingerprint density at radius 2 is 0.893 bits per heavy atom. The zero-order valence-electron chi connectivity index (χ0n) is 16.1. The van der Waals surface area contributed by atoms with Crippen LogP contribution in [-0.4, -0.2) is 72.0 Å². The highest BCUT2D eigenvalue weighted by atomic mass is 31.2. The zero-order chi connectivity index (χ0) is 24.4. The number of rotatable bonds is 4. The lowest BCUT2D eigenvalue weighted by atomic mass is 10.2. The van der Waals surface area contributed by atoms with Crippen LogP contribution in [0.1, 0.15) is 19.3 Å². The first-order valence-electron chi connectivity index (χ1n) is 7.01. The van der Waals surface area contributed by atoms with Gasteiger partial charge in [0.25, 0.3) is 0 Å². The lowest BCUT2D eigenvalue weighted by Gasteiger charge is -2.00. The molecule has 18 heteroatoms. The van der Waals surface area contributed by atoms with Crippen molar-refractivity contribution >= 4 is 30.4 Å². The molecule has 0 aromatic carbocycles. The van der Waals surface area contributed by atoms with E-state index in [-0.39, 0.29) is 6.17 Å². The minimum absolute atomic E-state index is 0.144. The molecule has 0 saturated heterocycles. The van der Waals surface area contributed by atoms with Crippen LogP contribution in [0, 0.1) is 0 Å². The maximum Gasteiger partial charge on any atom is 0.322 e. The Morgan fingerprint density at radius 1 is 0.714 bits per heavy atom. The second kappa shape index (κ2) is 19.2. The number of hydrogen-bond donors (Lipinski definition) is 10. The number of unbranched alkanes of at least 4 members (excludes halogenated alkanes) is 1. The minimum atomic E-state index is -3.64. The normalized spacial score (nSPS) is 11.2. The molecule has 14 nitrogen and oxygen atoms in total. The van der Waals surface area contributed by atoms with Gasteiger partial charge in [-0.3, -0.25) is 18.3 Å². The predicted molar refractivity (Wildman–Crippen MR) is 108 cm³/mol. The molecule has 0 atom stereocenters. The molecule has 0 spiro atoms. The van der Waals surface area contributed by atoms with Gasteiger partial charge in [0.05, 0.1) is 6.17 Å². The Labute approximate surface area is 164 Å². The molecular weight excluding hydrogens is 464 g/mol. The number of hydrogen-bond acceptors (Lipinski definition) is 6. The summed E-state index contributed by atoms with van der Waals surface area (Å²) in [6, 6.07) is 0. The average Bonchev–Trinajstić information content (AvgIpc) is 2.18. The van der Waals surface area contributed by atoms with Gasteiger partial charge in [-0.15, -0.1) is 6.58 Å². The van der Waals surface area contributed by atoms with E-state index < -0.39 is 30.4 Å². The van der Waals surface area contributed by atoms with Crippen LogP contribution >= 0.6 is 30.4 Å². The van der Waals surface area contributed by atoms with Gasteiger partial charge in [0.15, 0.2) is 0 Å². The van der Waals surface area contributed by atoms with Crippen molar-refractivity contribution in [1.29, 1.82) is 0 Å². The second-order valence-corrected chi connectivity index (χ2v) is 11.9. The first kappa shape index (κ1) is 38.8. The highest BCUT2D eigenvalue weighted by Crippen LogP contribution is 2.27. The van der Waals surface area contributed by atoms with Crippen molar-refractivity contribution < 1.29 is 57.4 Å². The molecule has 0 rings (SSSR count). The molecule has 0 aliphatic carbocycles. The van der Waals surface area contributed by atoms with Crippen LogP contribution in [0.2, 0.25) is 0 Å². The fourth-order valence-corrected chi connectivity index (χ4v) is 0.498. The molecule has 0 saturated carbocycles. The van der Waals surface area contributed by atoms with Gasteiger partial charge < -0.3 is 50.6 Å². The third kappa shape index (κ3) is 606. The topological polar surface area (TPSA) is 282 Å². The maximum absolute atomic E-state index is 9.33. The maximum atomic E-state index is 9.33. The molecule has 176 valence electrons. The lowest BCUT2D eigenvalue weighted by molar-refractivity contribution is 0.379. The smallest absolute Gasteiger partial charge is 0.322 e. The van der Waals surface area contributed by atoms with Crippen LogP contribution < -0.4 is 11.5 Å². The summed E-state index contributed by atoms with van der Waals surface area (Å²) in [6.07, 6.45) is 4.70. The highest BCUT2D eigenvalue weighted by molar-refractivity contribution is 7.51. The quantitative estimate of drug-likeness (QED) is 0.104. The van der Waals surface area contributed by atoms with Crippen molar-refractivity contribution in [1.82, 2.24) is 0 Å². The van der Waals surface area contributed by atoms with Crippen molar-refractivity contribution in [3.8, 4) is 0 Å². The Kier molecular flexibility index (Phi) is 26.7. The summed E-state index contributed by atoms with van der Waals surface area (Å²) in [7, 11) is -14.6. The fourth-order valence-electron chi connectivity index (χ4n) is 0.498. The van der Waals surface area contributed by atoms with E-state index in [1.807, 2.05) is 6.08 Å². The molecule has 0 fully saturated rings. The van der Waals surface area contributed by atoms with Crippen LogP contribution in [0.3, 0.4) is 0 Å². The van der Waals surface area contributed by atoms with Gasteiger partial charge >= 0.3 is 30.4 Å². The monoisotopic (exact) mass is 498 g/mol. The molecule has 0 heterocycles. The third-order valence-corrected chi connectivity index (χ3v) is 0.946. The summed E-state index contributed by atoms with van der Waals surface area (Å²) in [5.41, 5.74) is 10.6. The molecular formula is C10H34N2O12P4. The molecule has 0 unspecified atom stereocenters. The van der Waals surface area contributed by atoms with E-state index in [9.17, 15) is 18.3 Å². The SMILES string of the molecule is C=CCCCC(N)N.CP(=O)(O)O.CP(=O)(O)O.CP(=O)(O)O.CP(=O)(O)O. The van der Waals surface area contributed by atoms with Crippen molar-refractivity contribution in [3.05, 3.63) is 12.7 Å². The van der Waals surface area contributed by atoms with Gasteiger partial charge in [-0.1, -0.05) is 6.08 Å². The predicted octanol–water partition coefficient (Wildman–Crippen LogP) is -0.238. The first-order valence-corrected chi connectivity index (χ1v) is 15.2. The van der Waals surface area contributed by atoms with E-state index >= 15 is 0 Å². The van der Waals surface area contributed by atoms with Crippen molar-refractivity contribution in [2.24, 2.45) is 11.5 Å². The molecule has 0 bridgehead atoms. The van der Waals surface area contributed by atoms with Crippen LogP contribution in [0.25, 0.3) is 0 Å². The summed E-state index contributed by atoms with van der Waals surface area (Å²) >= 11 is 0. The Hall–Kier alpha value is 0.260. The summed E-state index contributed by atoms with van der Waals surface area (Å²) in [5.74, 6) is 0. The van der Waals surface area contributed by atoms with Gasteiger partial charge in [0, 0.05) is 26.7 Å². The zero-order valence-corrected chi connectivity index (χ0v) is 19.7. The van der Waals surface area contributed by atoms with Crippen LogP contribution in [0.5, 0.6) is 0 Å². The van der Waals surface area contributed by atoms with Gasteiger partial charge in [0.1, 0.15) is 0 Å². The van der Waals surface area contributed by atoms with Crippen molar-refractivity contribution in [3.63, 3.8) is 0 Å². The van der Waals surface area contributed by atoms with Gasteiger partial charge in [0.2, 0.25) is 0 Å². The molecule has 0 radical (unpaired) electrons. The molecule has 0 aromatic heterocycles. The standard InChI is InChI=1S/C6H14N2.4CH5O3P/c1-2-3-4-5-6(7)8;4*1-5(2,3)4/h2,6H,1,3-5,7-8H2;4*1H3,(H2,2,3,4). The fraction of sp³-hybridized carbons (Fsp3) is 0.800. The van der Waals surface area contributed by atoms with E-state index in [1.54, 1.807) is 0 Å². The molecule has 28 heavy (non-hydrogen) atoms. The second-order valence-electron chi connectivity index (χ2n) is 5.22. The molecule has 0 aromatic rings. The Balaban J connectivity index is -0.0000000802. The largest absolute Gasteiger partial charge is 0.325 e. The van der Waals surface area contributed by atoms with E-state index in [4.69, 9.17) is 50.6 Å². The van der Waals surface area contributed by atoms with Gasteiger partial charge in [-0.2, -0.15) is 0 Å². The van der Waals surface area contributed by atoms with Crippen molar-refractivity contribution in [2.45, 2.75) is 25.4 Å². The lowest BCUT2D eigenvalue weighted by Crippen LogP contribution is -2.29. The summed E-state index contributed by atoms with van der Waals surface area (Å²) in [5, 5.41) is 0. The average molecular weight is 498 g/mol. The Bertz CT molecular complexity index is 434. The molecule has 0 aliphatic rings. The molecule has 0 aliphatic heterocycles. The van der Waals surface area contributed by atoms with E-state index in [1.165, 1.54) is 0 Å². The summed E-state index contributed by atoms with van der Waals surface area (Å²) < 4.78 is 37.3. The first-order chi connectivity index (χ1) is 11.8. The number of nitrogens with two attached hydrogens (primary N) is 2. The third-order valence-electron chi connectivity index (χ3n) is 0.946. The number of allylic oxidation sites excluding steroid dienone is 1. The van der Waals surface area contributed by atoms with Gasteiger partial charge in [-0.05, 0) is 19.3 Å². The van der Waals surface area contributed by atoms with Crippen molar-refractivity contribution in [2.75, 3.05) is 26.7 Å². The summed E-state index contributed by atoms with van der Waals surface area (Å²) in [6.45, 7) is 6.99. The van der Waals surface area contributed by atoms with Crippen LogP contribution in [0.4, 0.5) is 0 Å². The van der Waals surface area contributed by atoms with E-state index in [0.717, 1.165) is 45.9 Å². The highest BCUT2D eigenvalue weighted by Gasteiger charge is 1.97. The Morgan fingerprint density at radius 3 is 1.00 bits per heavy atom. The molecule has 0 amide bonds. The van der Waals surface area contributed by atoms with E-state index in [0.29, 0.717) is 0 Å². The summed E-state index contributed by atoms with van der Waals surface area (Å²) in [4.78, 5) is 61.1. The molecule has 12 N–H and O–H groups in total. The minimum Gasteiger partial charge on any atom is -0.325 e. The van der Waals surface area contributed by atoms with Gasteiger partial charge in [-0.25, -0.2) is 0 Å². The van der Waals surface area contributed by atoms with Crippen LogP contribution in [0.15, 0.2) is 12.7 Å².